The van der Waals surface area contributed by atoms with Crippen molar-refractivity contribution in [3.05, 3.63) is 71.5 Å². The molecule has 0 bridgehead atoms. The third kappa shape index (κ3) is 8.96. The van der Waals surface area contributed by atoms with E-state index in [1.165, 1.54) is 19.2 Å². The van der Waals surface area contributed by atoms with Crippen LogP contribution in [0.25, 0.3) is 33.6 Å². The summed E-state index contributed by atoms with van der Waals surface area (Å²) in [5.41, 5.74) is 5.10. The minimum absolute atomic E-state index is 0.131. The maximum atomic E-state index is 13.8. The topological polar surface area (TPSA) is 187 Å². The highest BCUT2D eigenvalue weighted by molar-refractivity contribution is 7.99. The molecular weight excluding hydrogens is 770 g/mol. The first-order valence-corrected chi connectivity index (χ1v) is 20.4. The van der Waals surface area contributed by atoms with Crippen LogP contribution >= 0.6 is 23.4 Å². The van der Waals surface area contributed by atoms with Crippen molar-refractivity contribution in [2.24, 2.45) is 16.9 Å². The van der Waals surface area contributed by atoms with Crippen LogP contribution in [-0.4, -0.2) is 104 Å². The molecule has 0 unspecified atom stereocenters. The second-order valence-electron chi connectivity index (χ2n) is 14.7. The van der Waals surface area contributed by atoms with Crippen molar-refractivity contribution >= 4 is 53.6 Å². The summed E-state index contributed by atoms with van der Waals surface area (Å²) in [6.45, 7) is 8.01. The van der Waals surface area contributed by atoms with E-state index in [1.807, 2.05) is 87.4 Å². The number of ether oxygens (including phenoxy) is 2. The van der Waals surface area contributed by atoms with Gasteiger partial charge in [0.2, 0.25) is 5.91 Å². The number of amides is 4. The van der Waals surface area contributed by atoms with Crippen LogP contribution in [-0.2, 0) is 19.1 Å². The van der Waals surface area contributed by atoms with E-state index >= 15 is 0 Å². The fourth-order valence-corrected chi connectivity index (χ4v) is 8.01. The van der Waals surface area contributed by atoms with Gasteiger partial charge in [0.15, 0.2) is 0 Å². The number of alkyl carbamates (subject to hydrolysis) is 2. The third-order valence-corrected chi connectivity index (χ3v) is 11.6. The first kappa shape index (κ1) is 41.3. The van der Waals surface area contributed by atoms with Crippen molar-refractivity contribution < 1.29 is 28.7 Å². The lowest BCUT2D eigenvalue weighted by molar-refractivity contribution is -0.136. The molecule has 4 aromatic rings. The van der Waals surface area contributed by atoms with Gasteiger partial charge < -0.3 is 35.0 Å². The monoisotopic (exact) mass is 817 g/mol. The quantitative estimate of drug-likeness (QED) is 0.119. The Hall–Kier alpha value is -5.35. The van der Waals surface area contributed by atoms with E-state index in [4.69, 9.17) is 31.0 Å². The number of hydrazone groups is 1. The molecule has 1 fully saturated rings. The van der Waals surface area contributed by atoms with E-state index in [-0.39, 0.29) is 34.9 Å². The summed E-state index contributed by atoms with van der Waals surface area (Å²) < 4.78 is 9.50. The number of likely N-dealkylation sites (tertiary alicyclic amines) is 1. The molecule has 2 aromatic carbocycles. The number of carbonyl (C=O) groups excluding carboxylic acids is 4. The molecule has 4 N–H and O–H groups in total. The van der Waals surface area contributed by atoms with Gasteiger partial charge in [0.1, 0.15) is 40.6 Å². The van der Waals surface area contributed by atoms with Crippen LogP contribution in [0.5, 0.6) is 0 Å². The zero-order valence-corrected chi connectivity index (χ0v) is 34.5. The maximum Gasteiger partial charge on any atom is 0.407 e. The number of aromatic nitrogens is 4. The molecule has 57 heavy (non-hydrogen) atoms. The second-order valence-corrected chi connectivity index (χ2v) is 16.2. The number of nitrogens with one attached hydrogen (secondary N) is 4. The Kier molecular flexibility index (Phi) is 12.9. The fourth-order valence-electron chi connectivity index (χ4n) is 7.08. The van der Waals surface area contributed by atoms with Crippen LogP contribution in [0.3, 0.4) is 0 Å². The van der Waals surface area contributed by atoms with Gasteiger partial charge in [-0.05, 0) is 41.2 Å². The van der Waals surface area contributed by atoms with E-state index < -0.39 is 30.3 Å². The normalized spacial score (nSPS) is 18.9. The molecule has 0 radical (unpaired) electrons. The summed E-state index contributed by atoms with van der Waals surface area (Å²) in [6.07, 6.45) is 5.30. The number of halogens is 1. The zero-order valence-electron chi connectivity index (χ0n) is 32.9. The van der Waals surface area contributed by atoms with Gasteiger partial charge in [-0.3, -0.25) is 9.59 Å². The molecule has 2 aliphatic heterocycles. The average Bonchev–Trinajstić information content (AvgIpc) is 4.04. The standard InChI is InChI=1S/C40H48ClN9O6S/c1-21(2)31(46-39(53)55-5)37(51)49-20-27(57-7)18-30(49)35-42-19-28(44-35)25-12-8-23(9-13-25)24-10-14-26(15-11-24)33-34(41)48-36(45-33)29-16-17-43-50(29)38(52)32(22(3)4)47-40(54)56-6/h8-15,17,19,21-22,27,29-32H,16,18,20H2,1-7H3,(H,42,44)(H,45,48)(H,46,53)(H,47,54)/t27-,29-,30-,31-,32-/m0/s1. The summed E-state index contributed by atoms with van der Waals surface area (Å²) >= 11 is 8.38. The number of benzene rings is 2. The molecule has 1 saturated heterocycles. The molecule has 4 amide bonds. The van der Waals surface area contributed by atoms with Crippen LogP contribution in [0.2, 0.25) is 5.15 Å². The van der Waals surface area contributed by atoms with E-state index in [9.17, 15) is 19.2 Å². The molecule has 6 rings (SSSR count). The summed E-state index contributed by atoms with van der Waals surface area (Å²) in [6, 6.07) is 13.7. The molecule has 15 nitrogen and oxygen atoms in total. The summed E-state index contributed by atoms with van der Waals surface area (Å²) in [5.74, 6) is 0.302. The summed E-state index contributed by atoms with van der Waals surface area (Å²) in [7, 11) is 2.53. The number of thioether (sulfide) groups is 1. The Morgan fingerprint density at radius 2 is 1.37 bits per heavy atom. The summed E-state index contributed by atoms with van der Waals surface area (Å²) in [4.78, 5) is 69.1. The number of rotatable bonds is 12. The van der Waals surface area contributed by atoms with Crippen molar-refractivity contribution in [2.45, 2.75) is 70.0 Å². The molecule has 0 spiro atoms. The molecule has 2 aromatic heterocycles. The first-order valence-electron chi connectivity index (χ1n) is 18.7. The summed E-state index contributed by atoms with van der Waals surface area (Å²) in [5, 5.41) is 11.5. The lowest BCUT2D eigenvalue weighted by atomic mass is 10.0. The van der Waals surface area contributed by atoms with E-state index in [0.717, 1.165) is 34.4 Å². The van der Waals surface area contributed by atoms with E-state index in [1.54, 1.807) is 24.2 Å². The SMILES string of the molecule is COC(=O)N[C@H](C(=O)N1C[C@@H](SC)C[C@H]1c1ncc(-c2ccc(-c3ccc(-c4nc([C@@H]5CC=NN5C(=O)[C@@H](NC(=O)OC)C(C)C)[nH]c4Cl)cc3)cc2)[nH]1)C(C)C. The lowest BCUT2D eigenvalue weighted by Gasteiger charge is -2.30. The average molecular weight is 818 g/mol. The van der Waals surface area contributed by atoms with Crippen LogP contribution in [0.15, 0.2) is 59.8 Å². The van der Waals surface area contributed by atoms with Crippen molar-refractivity contribution in [1.29, 1.82) is 0 Å². The number of methoxy groups -OCH3 is 2. The Balaban J connectivity index is 1.14. The minimum Gasteiger partial charge on any atom is -0.453 e. The van der Waals surface area contributed by atoms with Gasteiger partial charge in [-0.25, -0.2) is 24.6 Å². The number of carbonyl (C=O) groups is 4. The minimum atomic E-state index is -0.839. The highest BCUT2D eigenvalue weighted by Crippen LogP contribution is 2.38. The predicted octanol–water partition coefficient (Wildman–Crippen LogP) is 6.81. The fraction of sp³-hybridized carbons (Fsp3) is 0.425. The highest BCUT2D eigenvalue weighted by atomic mass is 35.5. The Morgan fingerprint density at radius 1 is 0.807 bits per heavy atom. The highest BCUT2D eigenvalue weighted by Gasteiger charge is 2.41. The molecule has 302 valence electrons. The Labute approximate surface area is 340 Å². The van der Waals surface area contributed by atoms with Gasteiger partial charge in [0.05, 0.1) is 32.2 Å². The van der Waals surface area contributed by atoms with E-state index in [2.05, 4.69) is 25.7 Å². The third-order valence-electron chi connectivity index (χ3n) is 10.3. The first-order chi connectivity index (χ1) is 27.3. The van der Waals surface area contributed by atoms with Crippen molar-refractivity contribution in [3.8, 4) is 33.6 Å². The van der Waals surface area contributed by atoms with Crippen LogP contribution < -0.4 is 10.6 Å². The van der Waals surface area contributed by atoms with Gasteiger partial charge in [-0.2, -0.15) is 16.9 Å². The molecule has 0 aliphatic carbocycles. The molecule has 4 heterocycles. The number of imidazole rings is 2. The molecule has 0 saturated carbocycles. The largest absolute Gasteiger partial charge is 0.453 e. The van der Waals surface area contributed by atoms with Gasteiger partial charge in [-0.1, -0.05) is 87.8 Å². The molecule has 2 aliphatic rings. The molecule has 5 atom stereocenters. The zero-order chi connectivity index (χ0) is 41.0. The molecule has 17 heteroatoms. The Morgan fingerprint density at radius 3 is 1.93 bits per heavy atom. The van der Waals surface area contributed by atoms with Gasteiger partial charge in [0, 0.05) is 30.0 Å². The van der Waals surface area contributed by atoms with Crippen molar-refractivity contribution in [3.63, 3.8) is 0 Å². The predicted molar refractivity (Wildman–Crippen MR) is 219 cm³/mol. The molecular formula is C40H48ClN9O6S. The van der Waals surface area contributed by atoms with Crippen LogP contribution in [0, 0.1) is 11.8 Å². The lowest BCUT2D eigenvalue weighted by Crippen LogP contribution is -2.51. The van der Waals surface area contributed by atoms with Gasteiger partial charge in [-0.15, -0.1) is 0 Å². The van der Waals surface area contributed by atoms with Gasteiger partial charge >= 0.3 is 12.2 Å². The Bertz CT molecular complexity index is 2100. The number of H-pyrrole nitrogens is 2. The van der Waals surface area contributed by atoms with E-state index in [0.29, 0.717) is 35.5 Å². The number of hydrogen-bond donors (Lipinski definition) is 4. The number of nitrogens with zero attached hydrogens (tertiary/aromatic N) is 5. The van der Waals surface area contributed by atoms with Crippen LogP contribution in [0.1, 0.15) is 64.3 Å². The maximum absolute atomic E-state index is 13.8. The van der Waals surface area contributed by atoms with Crippen LogP contribution in [0.4, 0.5) is 9.59 Å². The van der Waals surface area contributed by atoms with Crippen molar-refractivity contribution in [1.82, 2.24) is 40.5 Å². The smallest absolute Gasteiger partial charge is 0.407 e. The van der Waals surface area contributed by atoms with Crippen molar-refractivity contribution in [2.75, 3.05) is 27.0 Å². The number of aromatic amines is 2. The number of hydrogen-bond acceptors (Lipinski definition) is 10. The second kappa shape index (κ2) is 17.8. The van der Waals surface area contributed by atoms with Gasteiger partial charge in [0.25, 0.3) is 5.91 Å².